The van der Waals surface area contributed by atoms with Crippen LogP contribution < -0.4 is 0 Å². The number of rotatable bonds is 6. The van der Waals surface area contributed by atoms with E-state index < -0.39 is 13.0 Å². The van der Waals surface area contributed by atoms with Gasteiger partial charge in [0.1, 0.15) is 0 Å². The smallest absolute Gasteiger partial charge is 0.251 e. The van der Waals surface area contributed by atoms with Crippen molar-refractivity contribution in [3.63, 3.8) is 0 Å². The third-order valence-electron chi connectivity index (χ3n) is 3.38. The molecule has 1 amide bonds. The second-order valence-corrected chi connectivity index (χ2v) is 5.00. The molecule has 0 saturated carbocycles. The minimum Gasteiger partial charge on any atom is -0.395 e. The summed E-state index contributed by atoms with van der Waals surface area (Å²) in [5.41, 5.74) is 0. The molecule has 0 atom stereocenters. The molecule has 0 unspecified atom stereocenters. The van der Waals surface area contributed by atoms with E-state index in [1.165, 1.54) is 11.3 Å². The van der Waals surface area contributed by atoms with Crippen molar-refractivity contribution >= 4 is 5.91 Å². The van der Waals surface area contributed by atoms with Crippen molar-refractivity contribution in [2.45, 2.75) is 38.5 Å². The van der Waals surface area contributed by atoms with E-state index in [0.29, 0.717) is 0 Å². The van der Waals surface area contributed by atoms with Crippen LogP contribution in [-0.2, 0) is 4.79 Å². The van der Waals surface area contributed by atoms with Crippen LogP contribution in [0, 0.1) is 0 Å². The molecule has 0 aliphatic carbocycles. The van der Waals surface area contributed by atoms with E-state index in [-0.39, 0.29) is 25.6 Å². The Morgan fingerprint density at radius 1 is 1.16 bits per heavy atom. The van der Waals surface area contributed by atoms with E-state index in [0.717, 1.165) is 38.8 Å². The van der Waals surface area contributed by atoms with E-state index in [9.17, 15) is 13.6 Å². The molecule has 1 aliphatic rings. The Bertz CT molecular complexity index is 257. The lowest BCUT2D eigenvalue weighted by Gasteiger charge is -2.28. The number of hydrogen-bond donors (Lipinski definition) is 1. The molecule has 6 heteroatoms. The van der Waals surface area contributed by atoms with Crippen LogP contribution in [0.25, 0.3) is 0 Å². The van der Waals surface area contributed by atoms with Gasteiger partial charge in [0.25, 0.3) is 6.43 Å². The normalized spacial score (nSPS) is 17.6. The second kappa shape index (κ2) is 9.20. The maximum absolute atomic E-state index is 12.4. The van der Waals surface area contributed by atoms with Crippen molar-refractivity contribution in [2.24, 2.45) is 0 Å². The van der Waals surface area contributed by atoms with Crippen molar-refractivity contribution in [2.75, 3.05) is 39.3 Å². The van der Waals surface area contributed by atoms with Crippen LogP contribution in [0.1, 0.15) is 32.1 Å². The van der Waals surface area contributed by atoms with Gasteiger partial charge in [-0.15, -0.1) is 0 Å². The number of hydrogen-bond acceptors (Lipinski definition) is 3. The number of alkyl halides is 2. The summed E-state index contributed by atoms with van der Waals surface area (Å²) >= 11 is 0. The van der Waals surface area contributed by atoms with Crippen molar-refractivity contribution in [3.05, 3.63) is 0 Å². The number of halogens is 2. The highest BCUT2D eigenvalue weighted by Gasteiger charge is 2.20. The first-order valence-corrected chi connectivity index (χ1v) is 7.02. The monoisotopic (exact) mass is 278 g/mol. The van der Waals surface area contributed by atoms with Gasteiger partial charge in [-0.3, -0.25) is 9.69 Å². The molecule has 0 spiro atoms. The van der Waals surface area contributed by atoms with Crippen molar-refractivity contribution in [1.29, 1.82) is 0 Å². The van der Waals surface area contributed by atoms with Crippen molar-refractivity contribution < 1.29 is 18.7 Å². The lowest BCUT2D eigenvalue weighted by atomic mass is 10.1. The molecule has 0 radical (unpaired) electrons. The van der Waals surface area contributed by atoms with Crippen molar-refractivity contribution in [1.82, 2.24) is 9.80 Å². The molecule has 1 N–H and O–H groups in total. The van der Waals surface area contributed by atoms with E-state index in [2.05, 4.69) is 0 Å². The molecular formula is C13H24F2N2O2. The van der Waals surface area contributed by atoms with Crippen molar-refractivity contribution in [3.8, 4) is 0 Å². The maximum atomic E-state index is 12.4. The first-order valence-electron chi connectivity index (χ1n) is 7.02. The van der Waals surface area contributed by atoms with E-state index in [1.807, 2.05) is 0 Å². The SMILES string of the molecule is O=C(CN(CCO)CC(F)F)N1CCCCCCC1. The topological polar surface area (TPSA) is 43.8 Å². The summed E-state index contributed by atoms with van der Waals surface area (Å²) in [5.74, 6) is -0.101. The zero-order chi connectivity index (χ0) is 14.1. The van der Waals surface area contributed by atoms with Crippen LogP contribution in [0.3, 0.4) is 0 Å². The molecule has 112 valence electrons. The average molecular weight is 278 g/mol. The molecule has 1 saturated heterocycles. The zero-order valence-corrected chi connectivity index (χ0v) is 11.4. The average Bonchev–Trinajstić information content (AvgIpc) is 2.27. The van der Waals surface area contributed by atoms with Gasteiger partial charge in [0, 0.05) is 19.6 Å². The lowest BCUT2D eigenvalue weighted by Crippen LogP contribution is -2.44. The Morgan fingerprint density at radius 2 is 1.74 bits per heavy atom. The molecule has 1 heterocycles. The largest absolute Gasteiger partial charge is 0.395 e. The Hall–Kier alpha value is -0.750. The number of aliphatic hydroxyl groups is 1. The Kier molecular flexibility index (Phi) is 7.90. The lowest BCUT2D eigenvalue weighted by molar-refractivity contribution is -0.133. The predicted octanol–water partition coefficient (Wildman–Crippen LogP) is 1.34. The molecule has 1 rings (SSSR count). The Labute approximate surface area is 113 Å². The van der Waals surface area contributed by atoms with Gasteiger partial charge in [0.05, 0.1) is 19.7 Å². The Morgan fingerprint density at radius 3 is 2.26 bits per heavy atom. The molecular weight excluding hydrogens is 254 g/mol. The van der Waals surface area contributed by atoms with Crippen LogP contribution in [0.5, 0.6) is 0 Å². The van der Waals surface area contributed by atoms with E-state index >= 15 is 0 Å². The molecule has 0 aromatic rings. The summed E-state index contributed by atoms with van der Waals surface area (Å²) in [6, 6.07) is 0. The van der Waals surface area contributed by atoms with E-state index in [4.69, 9.17) is 5.11 Å². The summed E-state index contributed by atoms with van der Waals surface area (Å²) in [6.45, 7) is 0.871. The summed E-state index contributed by atoms with van der Waals surface area (Å²) in [5, 5.41) is 8.84. The predicted molar refractivity (Wildman–Crippen MR) is 69.2 cm³/mol. The molecule has 0 aromatic heterocycles. The molecule has 4 nitrogen and oxygen atoms in total. The third-order valence-corrected chi connectivity index (χ3v) is 3.38. The minimum atomic E-state index is -2.48. The summed E-state index contributed by atoms with van der Waals surface area (Å²) in [7, 11) is 0. The number of aliphatic hydroxyl groups excluding tert-OH is 1. The zero-order valence-electron chi connectivity index (χ0n) is 11.4. The van der Waals surface area contributed by atoms with Crippen LogP contribution in [-0.4, -0.2) is 66.6 Å². The van der Waals surface area contributed by atoms with Gasteiger partial charge in [0.15, 0.2) is 0 Å². The highest BCUT2D eigenvalue weighted by Crippen LogP contribution is 2.11. The summed E-state index contributed by atoms with van der Waals surface area (Å²) < 4.78 is 24.7. The second-order valence-electron chi connectivity index (χ2n) is 5.00. The highest BCUT2D eigenvalue weighted by molar-refractivity contribution is 5.78. The standard InChI is InChI=1S/C13H24F2N2O2/c14-12(15)10-16(8-9-18)11-13(19)17-6-4-2-1-3-5-7-17/h12,18H,1-11H2. The molecule has 0 bridgehead atoms. The Balaban J connectivity index is 2.44. The fourth-order valence-electron chi connectivity index (χ4n) is 2.36. The molecule has 1 fully saturated rings. The molecule has 1 aliphatic heterocycles. The van der Waals surface area contributed by atoms with Gasteiger partial charge in [0.2, 0.25) is 5.91 Å². The minimum absolute atomic E-state index is 0.0229. The van der Waals surface area contributed by atoms with Gasteiger partial charge >= 0.3 is 0 Å². The number of nitrogens with zero attached hydrogens (tertiary/aromatic N) is 2. The van der Waals surface area contributed by atoms with Gasteiger partial charge in [-0.25, -0.2) is 8.78 Å². The number of amides is 1. The highest BCUT2D eigenvalue weighted by atomic mass is 19.3. The fraction of sp³-hybridized carbons (Fsp3) is 0.923. The summed E-state index contributed by atoms with van der Waals surface area (Å²) in [6.07, 6.45) is 2.96. The first-order chi connectivity index (χ1) is 9.13. The van der Waals surface area contributed by atoms with Gasteiger partial charge < -0.3 is 10.0 Å². The quantitative estimate of drug-likeness (QED) is 0.797. The third kappa shape index (κ3) is 6.82. The number of carbonyl (C=O) groups excluding carboxylic acids is 1. The van der Waals surface area contributed by atoms with Crippen LogP contribution in [0.15, 0.2) is 0 Å². The number of carbonyl (C=O) groups is 1. The fourth-order valence-corrected chi connectivity index (χ4v) is 2.36. The van der Waals surface area contributed by atoms with Gasteiger partial charge in [-0.2, -0.15) is 0 Å². The van der Waals surface area contributed by atoms with Crippen LogP contribution in [0.4, 0.5) is 8.78 Å². The first kappa shape index (κ1) is 16.3. The summed E-state index contributed by atoms with van der Waals surface area (Å²) in [4.78, 5) is 15.2. The van der Waals surface area contributed by atoms with Gasteiger partial charge in [-0.05, 0) is 12.8 Å². The van der Waals surface area contributed by atoms with Gasteiger partial charge in [-0.1, -0.05) is 19.3 Å². The maximum Gasteiger partial charge on any atom is 0.251 e. The molecule has 0 aromatic carbocycles. The van der Waals surface area contributed by atoms with Crippen LogP contribution >= 0.6 is 0 Å². The van der Waals surface area contributed by atoms with E-state index in [1.54, 1.807) is 4.90 Å². The number of likely N-dealkylation sites (tertiary alicyclic amines) is 1. The van der Waals surface area contributed by atoms with Crippen LogP contribution in [0.2, 0.25) is 0 Å². The molecule has 19 heavy (non-hydrogen) atoms.